The second-order valence-corrected chi connectivity index (χ2v) is 9.34. The van der Waals surface area contributed by atoms with Crippen molar-refractivity contribution in [3.05, 3.63) is 89.7 Å². The summed E-state index contributed by atoms with van der Waals surface area (Å²) in [5.41, 5.74) is 6.26. The molecule has 5 nitrogen and oxygen atoms in total. The highest BCUT2D eigenvalue weighted by Crippen LogP contribution is 2.39. The van der Waals surface area contributed by atoms with Crippen LogP contribution in [0.3, 0.4) is 0 Å². The number of amides is 2. The number of unbranched alkanes of at least 4 members (excludes halogenated alkanes) is 1. The fraction of sp³-hybridized carbons (Fsp3) is 0.222. The van der Waals surface area contributed by atoms with E-state index in [1.54, 1.807) is 0 Å². The topological polar surface area (TPSA) is 64.0 Å². The molecular weight excluding hydrogens is 430 g/mol. The predicted molar refractivity (Wildman–Crippen MR) is 133 cm³/mol. The molecule has 2 amide bonds. The molecule has 0 saturated carbocycles. The number of aryl methyl sites for hydroxylation is 1. The zero-order chi connectivity index (χ0) is 22.8. The number of benzene rings is 3. The van der Waals surface area contributed by atoms with Gasteiger partial charge in [-0.05, 0) is 52.6 Å². The summed E-state index contributed by atoms with van der Waals surface area (Å²) in [6.45, 7) is 2.96. The molecule has 33 heavy (non-hydrogen) atoms. The minimum atomic E-state index is -0.508. The predicted octanol–water partition coefficient (Wildman–Crippen LogP) is 6.12. The first kappa shape index (κ1) is 21.5. The van der Waals surface area contributed by atoms with Gasteiger partial charge >= 0.3 is 0 Å². The molecule has 0 aliphatic carbocycles. The molecule has 0 radical (unpaired) electrons. The maximum absolute atomic E-state index is 12.3. The van der Waals surface area contributed by atoms with E-state index in [1.165, 1.54) is 5.56 Å². The van der Waals surface area contributed by atoms with Crippen LogP contribution in [0.4, 0.5) is 4.79 Å². The number of nitrogens with one attached hydrogen (secondary N) is 1. The van der Waals surface area contributed by atoms with Gasteiger partial charge < -0.3 is 4.57 Å². The van der Waals surface area contributed by atoms with Crippen molar-refractivity contribution in [3.8, 4) is 11.1 Å². The summed E-state index contributed by atoms with van der Waals surface area (Å²) >= 11 is 1.04. The molecule has 166 valence electrons. The Balaban J connectivity index is 1.44. The van der Waals surface area contributed by atoms with Gasteiger partial charge in [0, 0.05) is 13.0 Å². The van der Waals surface area contributed by atoms with Gasteiger partial charge in [0.25, 0.3) is 5.24 Å². The van der Waals surface area contributed by atoms with Crippen LogP contribution in [0.15, 0.2) is 72.8 Å². The van der Waals surface area contributed by atoms with Crippen LogP contribution in [-0.4, -0.2) is 20.7 Å². The van der Waals surface area contributed by atoms with E-state index in [9.17, 15) is 9.59 Å². The van der Waals surface area contributed by atoms with Gasteiger partial charge in [-0.1, -0.05) is 74.0 Å². The number of imidazole rings is 1. The maximum atomic E-state index is 12.3. The number of rotatable bonds is 7. The number of para-hydroxylation sites is 2. The average molecular weight is 456 g/mol. The van der Waals surface area contributed by atoms with E-state index in [-0.39, 0.29) is 11.1 Å². The molecule has 1 aliphatic heterocycles. The second-order valence-electron chi connectivity index (χ2n) is 8.27. The molecule has 1 unspecified atom stereocenters. The molecule has 1 fully saturated rings. The lowest BCUT2D eigenvalue weighted by Crippen LogP contribution is -2.20. The number of aromatic nitrogens is 2. The first-order chi connectivity index (χ1) is 16.1. The first-order valence-electron chi connectivity index (χ1n) is 11.3. The van der Waals surface area contributed by atoms with E-state index >= 15 is 0 Å². The van der Waals surface area contributed by atoms with Crippen molar-refractivity contribution in [3.63, 3.8) is 0 Å². The molecule has 1 N–H and O–H groups in total. The highest BCUT2D eigenvalue weighted by atomic mass is 32.2. The number of fused-ring (bicyclic) bond motifs is 1. The highest BCUT2D eigenvalue weighted by Gasteiger charge is 2.34. The number of hydrogen-bond acceptors (Lipinski definition) is 4. The van der Waals surface area contributed by atoms with Crippen LogP contribution in [0.1, 0.15) is 42.0 Å². The van der Waals surface area contributed by atoms with Gasteiger partial charge in [-0.15, -0.1) is 0 Å². The number of carbonyl (C=O) groups excluding carboxylic acids is 2. The lowest BCUT2D eigenvalue weighted by molar-refractivity contribution is -0.119. The quantitative estimate of drug-likeness (QED) is 0.365. The summed E-state index contributed by atoms with van der Waals surface area (Å²) in [5.74, 6) is 0.877. The van der Waals surface area contributed by atoms with E-state index in [0.29, 0.717) is 0 Å². The second kappa shape index (κ2) is 9.24. The first-order valence-corrected chi connectivity index (χ1v) is 12.2. The van der Waals surface area contributed by atoms with Crippen LogP contribution in [0.5, 0.6) is 0 Å². The summed E-state index contributed by atoms with van der Waals surface area (Å²) in [6, 6.07) is 24.6. The van der Waals surface area contributed by atoms with Crippen molar-refractivity contribution >= 4 is 33.9 Å². The van der Waals surface area contributed by atoms with Gasteiger partial charge in [0.1, 0.15) is 11.1 Å². The minimum absolute atomic E-state index is 0.249. The van der Waals surface area contributed by atoms with Crippen LogP contribution in [0.25, 0.3) is 22.2 Å². The van der Waals surface area contributed by atoms with Crippen molar-refractivity contribution in [2.24, 2.45) is 0 Å². The van der Waals surface area contributed by atoms with Crippen LogP contribution in [-0.2, 0) is 17.8 Å². The molecule has 1 atom stereocenters. The summed E-state index contributed by atoms with van der Waals surface area (Å²) in [7, 11) is 0. The van der Waals surface area contributed by atoms with E-state index in [4.69, 9.17) is 4.98 Å². The molecule has 1 aliphatic rings. The normalized spacial score (nSPS) is 15.8. The Morgan fingerprint density at radius 2 is 1.73 bits per heavy atom. The minimum Gasteiger partial charge on any atom is -0.323 e. The molecule has 2 heterocycles. The number of nitrogens with zero attached hydrogens (tertiary/aromatic N) is 2. The zero-order valence-corrected chi connectivity index (χ0v) is 19.3. The fourth-order valence-corrected chi connectivity index (χ4v) is 5.22. The number of imide groups is 1. The lowest BCUT2D eigenvalue weighted by atomic mass is 9.96. The molecule has 1 saturated heterocycles. The maximum Gasteiger partial charge on any atom is 0.286 e. The van der Waals surface area contributed by atoms with Crippen LogP contribution in [0.2, 0.25) is 0 Å². The Bertz CT molecular complexity index is 1330. The van der Waals surface area contributed by atoms with Crippen LogP contribution in [0, 0.1) is 0 Å². The van der Waals surface area contributed by atoms with Gasteiger partial charge in [-0.25, -0.2) is 4.98 Å². The van der Waals surface area contributed by atoms with Crippen molar-refractivity contribution in [1.29, 1.82) is 0 Å². The van der Waals surface area contributed by atoms with Gasteiger partial charge in [0.15, 0.2) is 0 Å². The standard InChI is InChI=1S/C27H25N3O2S/c1-2-3-12-24-28-22-10-6-7-11-23(22)30(24)17-18-13-15-19(16-14-18)20-8-4-5-9-21(20)25-26(31)29-27(32)33-25/h4-11,13-16,25H,2-3,12,17H2,1H3,(H,29,31,32). The van der Waals surface area contributed by atoms with Crippen molar-refractivity contribution in [1.82, 2.24) is 14.9 Å². The van der Waals surface area contributed by atoms with Gasteiger partial charge in [0.2, 0.25) is 5.91 Å². The molecule has 0 spiro atoms. The Hall–Kier alpha value is -3.38. The summed E-state index contributed by atoms with van der Waals surface area (Å²) in [5, 5.41) is 1.59. The van der Waals surface area contributed by atoms with E-state index in [1.807, 2.05) is 30.3 Å². The van der Waals surface area contributed by atoms with E-state index in [2.05, 4.69) is 59.3 Å². The highest BCUT2D eigenvalue weighted by molar-refractivity contribution is 8.15. The molecular formula is C27H25N3O2S. The Labute approximate surface area is 197 Å². The van der Waals surface area contributed by atoms with Gasteiger partial charge in [-0.2, -0.15) is 0 Å². The SMILES string of the molecule is CCCCc1nc2ccccc2n1Cc1ccc(-c2ccccc2C2SC(=O)NC2=O)cc1. The number of carbonyl (C=O) groups is 2. The average Bonchev–Trinajstić information content (AvgIpc) is 3.36. The molecule has 0 bridgehead atoms. The van der Waals surface area contributed by atoms with Crippen molar-refractivity contribution in [2.45, 2.75) is 38.0 Å². The third-order valence-electron chi connectivity index (χ3n) is 6.02. The summed E-state index contributed by atoms with van der Waals surface area (Å²) < 4.78 is 2.32. The Kier molecular flexibility index (Phi) is 6.01. The smallest absolute Gasteiger partial charge is 0.286 e. The molecule has 4 aromatic rings. The molecule has 3 aromatic carbocycles. The summed E-state index contributed by atoms with van der Waals surface area (Å²) in [6.07, 6.45) is 3.23. The number of hydrogen-bond donors (Lipinski definition) is 1. The Morgan fingerprint density at radius 1 is 0.970 bits per heavy atom. The monoisotopic (exact) mass is 455 g/mol. The van der Waals surface area contributed by atoms with Crippen molar-refractivity contribution in [2.75, 3.05) is 0 Å². The third-order valence-corrected chi connectivity index (χ3v) is 7.04. The van der Waals surface area contributed by atoms with Crippen LogP contribution >= 0.6 is 11.8 Å². The summed E-state index contributed by atoms with van der Waals surface area (Å²) in [4.78, 5) is 28.8. The largest absolute Gasteiger partial charge is 0.323 e. The molecule has 1 aromatic heterocycles. The van der Waals surface area contributed by atoms with Gasteiger partial charge in [0.05, 0.1) is 11.0 Å². The number of thioether (sulfide) groups is 1. The van der Waals surface area contributed by atoms with E-state index in [0.717, 1.165) is 71.1 Å². The zero-order valence-electron chi connectivity index (χ0n) is 18.5. The Morgan fingerprint density at radius 3 is 2.48 bits per heavy atom. The molecule has 6 heteroatoms. The lowest BCUT2D eigenvalue weighted by Gasteiger charge is -2.14. The fourth-order valence-electron chi connectivity index (χ4n) is 4.35. The van der Waals surface area contributed by atoms with Gasteiger partial charge in [-0.3, -0.25) is 14.9 Å². The third kappa shape index (κ3) is 4.31. The molecule has 5 rings (SSSR count). The van der Waals surface area contributed by atoms with Crippen molar-refractivity contribution < 1.29 is 9.59 Å². The van der Waals surface area contributed by atoms with Crippen LogP contribution < -0.4 is 5.32 Å². The van der Waals surface area contributed by atoms with E-state index < -0.39 is 5.25 Å².